The van der Waals surface area contributed by atoms with Gasteiger partial charge >= 0.3 is 5.97 Å². The molecule has 27 heavy (non-hydrogen) atoms. The largest absolute Gasteiger partial charge is 0.497 e. The molecule has 148 valence electrons. The highest BCUT2D eigenvalue weighted by Crippen LogP contribution is 2.35. The van der Waals surface area contributed by atoms with Crippen LogP contribution in [-0.2, 0) is 9.53 Å². The number of piperazine rings is 1. The lowest BCUT2D eigenvalue weighted by molar-refractivity contribution is -0.166. The van der Waals surface area contributed by atoms with Gasteiger partial charge in [-0.2, -0.15) is 0 Å². The minimum atomic E-state index is -0.733. The second-order valence-electron chi connectivity index (χ2n) is 7.71. The summed E-state index contributed by atoms with van der Waals surface area (Å²) in [6.07, 6.45) is 4.81. The monoisotopic (exact) mass is 374 g/mol. The molecule has 0 radical (unpaired) electrons. The van der Waals surface area contributed by atoms with Crippen molar-refractivity contribution in [3.8, 4) is 5.75 Å². The summed E-state index contributed by atoms with van der Waals surface area (Å²) < 4.78 is 11.0. The molecule has 0 aromatic heterocycles. The molecular formula is C21H30N2O4. The summed E-state index contributed by atoms with van der Waals surface area (Å²) in [4.78, 5) is 27.2. The van der Waals surface area contributed by atoms with Crippen LogP contribution in [0.3, 0.4) is 0 Å². The Morgan fingerprint density at radius 3 is 2.70 bits per heavy atom. The third-order valence-electron chi connectivity index (χ3n) is 5.63. The molecule has 3 unspecified atom stereocenters. The van der Waals surface area contributed by atoms with E-state index in [0.717, 1.165) is 31.4 Å². The van der Waals surface area contributed by atoms with Crippen molar-refractivity contribution in [3.05, 3.63) is 29.8 Å². The first-order chi connectivity index (χ1) is 13.0. The summed E-state index contributed by atoms with van der Waals surface area (Å²) >= 11 is 0. The molecule has 1 aromatic carbocycles. The van der Waals surface area contributed by atoms with Crippen molar-refractivity contribution < 1.29 is 19.1 Å². The third-order valence-corrected chi connectivity index (χ3v) is 5.63. The normalized spacial score (nSPS) is 24.7. The second-order valence-corrected chi connectivity index (χ2v) is 7.71. The van der Waals surface area contributed by atoms with Crippen LogP contribution < -0.4 is 10.1 Å². The van der Waals surface area contributed by atoms with Gasteiger partial charge < -0.3 is 14.4 Å². The van der Waals surface area contributed by atoms with E-state index in [4.69, 9.17) is 9.47 Å². The molecule has 2 aliphatic rings. The Morgan fingerprint density at radius 1 is 1.30 bits per heavy atom. The van der Waals surface area contributed by atoms with E-state index in [-0.39, 0.29) is 23.8 Å². The fraction of sp³-hybridized carbons (Fsp3) is 0.619. The molecule has 3 atom stereocenters. The molecule has 0 aliphatic carbocycles. The molecular weight excluding hydrogens is 344 g/mol. The number of nitrogens with one attached hydrogen (secondary N) is 1. The first-order valence-electron chi connectivity index (χ1n) is 9.91. The van der Waals surface area contributed by atoms with E-state index in [1.807, 2.05) is 11.8 Å². The van der Waals surface area contributed by atoms with Crippen LogP contribution in [0.5, 0.6) is 5.75 Å². The molecule has 1 N–H and O–H groups in total. The van der Waals surface area contributed by atoms with Crippen LogP contribution in [0, 0.1) is 5.92 Å². The van der Waals surface area contributed by atoms with Crippen LogP contribution in [-0.4, -0.2) is 48.7 Å². The van der Waals surface area contributed by atoms with Crippen molar-refractivity contribution in [2.24, 2.45) is 5.92 Å². The highest BCUT2D eigenvalue weighted by atomic mass is 16.6. The van der Waals surface area contributed by atoms with E-state index in [0.29, 0.717) is 25.1 Å². The topological polar surface area (TPSA) is 67.9 Å². The number of rotatable bonds is 8. The van der Waals surface area contributed by atoms with Crippen molar-refractivity contribution in [1.29, 1.82) is 0 Å². The van der Waals surface area contributed by atoms with Crippen LogP contribution >= 0.6 is 0 Å². The number of unbranched alkanes of at least 4 members (excludes halogenated alkanes) is 2. The van der Waals surface area contributed by atoms with Gasteiger partial charge in [-0.25, -0.2) is 0 Å². The van der Waals surface area contributed by atoms with E-state index in [2.05, 4.69) is 12.2 Å². The van der Waals surface area contributed by atoms with Crippen molar-refractivity contribution in [3.63, 3.8) is 0 Å². The Kier molecular flexibility index (Phi) is 6.05. The summed E-state index contributed by atoms with van der Waals surface area (Å²) in [5.74, 6) is 0.410. The van der Waals surface area contributed by atoms with Gasteiger partial charge in [0, 0.05) is 18.5 Å². The fourth-order valence-corrected chi connectivity index (χ4v) is 3.93. The van der Waals surface area contributed by atoms with Gasteiger partial charge in [0.1, 0.15) is 5.75 Å². The molecule has 3 rings (SSSR count). The Morgan fingerprint density at radius 2 is 2.04 bits per heavy atom. The van der Waals surface area contributed by atoms with Gasteiger partial charge in [-0.1, -0.05) is 33.1 Å². The number of fused-ring (bicyclic) bond motifs is 2. The Bertz CT molecular complexity index is 675. The van der Waals surface area contributed by atoms with Gasteiger partial charge in [-0.15, -0.1) is 0 Å². The summed E-state index contributed by atoms with van der Waals surface area (Å²) in [5.41, 5.74) is -0.110. The van der Waals surface area contributed by atoms with Crippen LogP contribution in [0.1, 0.15) is 56.3 Å². The van der Waals surface area contributed by atoms with Crippen molar-refractivity contribution in [2.75, 3.05) is 20.2 Å². The number of hydrogen-bond donors (Lipinski definition) is 1. The predicted molar refractivity (Wildman–Crippen MR) is 103 cm³/mol. The first kappa shape index (κ1) is 19.7. The van der Waals surface area contributed by atoms with Crippen molar-refractivity contribution >= 4 is 11.9 Å². The van der Waals surface area contributed by atoms with E-state index < -0.39 is 5.72 Å². The number of carbonyl (C=O) groups excluding carboxylic acids is 2. The maximum absolute atomic E-state index is 12.9. The second kappa shape index (κ2) is 8.30. The van der Waals surface area contributed by atoms with Crippen molar-refractivity contribution in [2.45, 2.75) is 57.7 Å². The standard InChI is InChI=1S/C21H30N2O4/c1-4-5-6-7-15(2)20(25)27-21-12-17(13-22-21)23(14-21)19(24)16-8-10-18(26-3)11-9-16/h8-11,15,17,22H,4-7,12-14H2,1-3H3. The number of nitrogens with zero attached hydrogens (tertiary/aromatic N) is 1. The lowest BCUT2D eigenvalue weighted by Crippen LogP contribution is -2.55. The molecule has 2 heterocycles. The van der Waals surface area contributed by atoms with Gasteiger partial charge in [0.15, 0.2) is 5.72 Å². The first-order valence-corrected chi connectivity index (χ1v) is 9.91. The number of hydrogen-bond acceptors (Lipinski definition) is 5. The fourth-order valence-electron chi connectivity index (χ4n) is 3.93. The summed E-state index contributed by atoms with van der Waals surface area (Å²) in [6, 6.07) is 7.17. The SMILES string of the molecule is CCCCCC(C)C(=O)OC12CC(CN1)N(C(=O)c1ccc(OC)cc1)C2. The van der Waals surface area contributed by atoms with E-state index >= 15 is 0 Å². The molecule has 1 amide bonds. The van der Waals surface area contributed by atoms with E-state index in [9.17, 15) is 9.59 Å². The molecule has 0 saturated carbocycles. The van der Waals surface area contributed by atoms with E-state index in [1.54, 1.807) is 31.4 Å². The number of methoxy groups -OCH3 is 1. The maximum Gasteiger partial charge on any atom is 0.310 e. The van der Waals surface area contributed by atoms with Gasteiger partial charge in [-0.05, 0) is 30.7 Å². The molecule has 0 spiro atoms. The molecule has 6 nitrogen and oxygen atoms in total. The summed E-state index contributed by atoms with van der Waals surface area (Å²) in [7, 11) is 1.60. The Labute approximate surface area is 161 Å². The quantitative estimate of drug-likeness (QED) is 0.560. The Balaban J connectivity index is 1.61. The van der Waals surface area contributed by atoms with E-state index in [1.165, 1.54) is 0 Å². The number of carbonyl (C=O) groups is 2. The van der Waals surface area contributed by atoms with Crippen LogP contribution in [0.25, 0.3) is 0 Å². The Hall–Kier alpha value is -2.08. The molecule has 6 heteroatoms. The highest BCUT2D eigenvalue weighted by molar-refractivity contribution is 5.95. The number of amides is 1. The van der Waals surface area contributed by atoms with Gasteiger partial charge in [-0.3, -0.25) is 14.9 Å². The van der Waals surface area contributed by atoms with Gasteiger partial charge in [0.05, 0.1) is 25.6 Å². The number of likely N-dealkylation sites (tertiary alicyclic amines) is 1. The number of esters is 1. The maximum atomic E-state index is 12.9. The zero-order chi connectivity index (χ0) is 19.4. The molecule has 2 bridgehead atoms. The van der Waals surface area contributed by atoms with Gasteiger partial charge in [0.2, 0.25) is 0 Å². The van der Waals surface area contributed by atoms with Crippen LogP contribution in [0.15, 0.2) is 24.3 Å². The smallest absolute Gasteiger partial charge is 0.310 e. The lowest BCUT2D eigenvalue weighted by atomic mass is 10.0. The van der Waals surface area contributed by atoms with Crippen molar-refractivity contribution in [1.82, 2.24) is 10.2 Å². The average molecular weight is 374 g/mol. The molecule has 2 fully saturated rings. The predicted octanol–water partition coefficient (Wildman–Crippen LogP) is 2.97. The van der Waals surface area contributed by atoms with Crippen LogP contribution in [0.4, 0.5) is 0 Å². The molecule has 2 aliphatic heterocycles. The lowest BCUT2D eigenvalue weighted by Gasteiger charge is -2.33. The third kappa shape index (κ3) is 4.26. The minimum absolute atomic E-state index is 0.0296. The molecule has 1 aromatic rings. The summed E-state index contributed by atoms with van der Waals surface area (Å²) in [6.45, 7) is 5.13. The number of ether oxygens (including phenoxy) is 2. The zero-order valence-corrected chi connectivity index (χ0v) is 16.5. The zero-order valence-electron chi connectivity index (χ0n) is 16.5. The average Bonchev–Trinajstić information content (AvgIpc) is 3.25. The van der Waals surface area contributed by atoms with Gasteiger partial charge in [0.25, 0.3) is 5.91 Å². The summed E-state index contributed by atoms with van der Waals surface area (Å²) in [5, 5.41) is 3.32. The highest BCUT2D eigenvalue weighted by Gasteiger charge is 2.54. The van der Waals surface area contributed by atoms with Crippen LogP contribution in [0.2, 0.25) is 0 Å². The number of benzene rings is 1. The minimum Gasteiger partial charge on any atom is -0.497 e. The molecule has 2 saturated heterocycles.